The number of esters is 1. The quantitative estimate of drug-likeness (QED) is 0.714. The second kappa shape index (κ2) is 8.83. The van der Waals surface area contributed by atoms with Crippen molar-refractivity contribution in [2.24, 2.45) is 0 Å². The van der Waals surface area contributed by atoms with Crippen LogP contribution in [0.4, 0.5) is 18.9 Å². The van der Waals surface area contributed by atoms with Crippen molar-refractivity contribution in [3.8, 4) is 11.5 Å². The van der Waals surface area contributed by atoms with Gasteiger partial charge in [-0.3, -0.25) is 4.79 Å². The molecule has 2 rings (SSSR count). The highest BCUT2D eigenvalue weighted by Gasteiger charge is 2.31. The minimum atomic E-state index is -4.60. The molecule has 0 atom stereocenters. The van der Waals surface area contributed by atoms with Gasteiger partial charge in [0.05, 0.1) is 36.1 Å². The molecule has 28 heavy (non-hydrogen) atoms. The number of rotatable bonds is 6. The average molecular weight is 418 g/mol. The fourth-order valence-corrected chi connectivity index (χ4v) is 2.41. The van der Waals surface area contributed by atoms with E-state index in [4.69, 9.17) is 25.8 Å². The third-order valence-electron chi connectivity index (χ3n) is 3.51. The lowest BCUT2D eigenvalue weighted by Crippen LogP contribution is -2.21. The molecule has 0 spiro atoms. The summed E-state index contributed by atoms with van der Waals surface area (Å²) in [6.45, 7) is -0.719. The second-order valence-corrected chi connectivity index (χ2v) is 5.80. The lowest BCUT2D eigenvalue weighted by Gasteiger charge is -2.13. The number of carbonyl (C=O) groups excluding carboxylic acids is 2. The lowest BCUT2D eigenvalue weighted by molar-refractivity contribution is -0.137. The van der Waals surface area contributed by atoms with E-state index in [1.807, 2.05) is 0 Å². The number of anilines is 1. The Hall–Kier alpha value is -2.94. The SMILES string of the molecule is COc1cc(NC(=O)COC(=O)c2cccc(C(F)(F)F)c2)c(OC)cc1Cl. The van der Waals surface area contributed by atoms with Crippen LogP contribution in [0.1, 0.15) is 15.9 Å². The Kier molecular flexibility index (Phi) is 6.74. The highest BCUT2D eigenvalue weighted by molar-refractivity contribution is 6.32. The van der Waals surface area contributed by atoms with E-state index >= 15 is 0 Å². The van der Waals surface area contributed by atoms with Crippen molar-refractivity contribution in [1.29, 1.82) is 0 Å². The van der Waals surface area contributed by atoms with Crippen LogP contribution in [0.15, 0.2) is 36.4 Å². The van der Waals surface area contributed by atoms with Gasteiger partial charge >= 0.3 is 12.1 Å². The molecule has 1 amide bonds. The molecule has 2 aromatic carbocycles. The Balaban J connectivity index is 2.04. The van der Waals surface area contributed by atoms with Crippen molar-refractivity contribution < 1.29 is 37.0 Å². The molecule has 150 valence electrons. The smallest absolute Gasteiger partial charge is 0.416 e. The Labute approximate surface area is 163 Å². The van der Waals surface area contributed by atoms with E-state index in [1.165, 1.54) is 26.4 Å². The van der Waals surface area contributed by atoms with Gasteiger partial charge in [-0.05, 0) is 18.2 Å². The maximum Gasteiger partial charge on any atom is 0.416 e. The molecular weight excluding hydrogens is 403 g/mol. The maximum absolute atomic E-state index is 12.7. The van der Waals surface area contributed by atoms with Gasteiger partial charge in [0, 0.05) is 12.1 Å². The summed E-state index contributed by atoms with van der Waals surface area (Å²) in [5.74, 6) is -1.29. The van der Waals surface area contributed by atoms with E-state index in [-0.39, 0.29) is 27.8 Å². The van der Waals surface area contributed by atoms with Crippen LogP contribution >= 0.6 is 11.6 Å². The van der Waals surface area contributed by atoms with Gasteiger partial charge < -0.3 is 19.5 Å². The number of halogens is 4. The summed E-state index contributed by atoms with van der Waals surface area (Å²) < 4.78 is 53.0. The highest BCUT2D eigenvalue weighted by Crippen LogP contribution is 2.35. The van der Waals surface area contributed by atoms with Gasteiger partial charge in [-0.2, -0.15) is 13.2 Å². The summed E-state index contributed by atoms with van der Waals surface area (Å²) in [4.78, 5) is 23.9. The fraction of sp³-hybridized carbons (Fsp3) is 0.222. The summed E-state index contributed by atoms with van der Waals surface area (Å²) in [5.41, 5.74) is -1.11. The van der Waals surface area contributed by atoms with Crippen molar-refractivity contribution in [2.75, 3.05) is 26.1 Å². The molecule has 0 heterocycles. The molecule has 0 unspecified atom stereocenters. The van der Waals surface area contributed by atoms with Gasteiger partial charge in [-0.1, -0.05) is 17.7 Å². The van der Waals surface area contributed by atoms with E-state index in [9.17, 15) is 22.8 Å². The number of benzene rings is 2. The molecule has 0 aliphatic heterocycles. The predicted molar refractivity (Wildman–Crippen MR) is 94.9 cm³/mol. The molecule has 2 aromatic rings. The van der Waals surface area contributed by atoms with Crippen LogP contribution in [0.5, 0.6) is 11.5 Å². The number of amides is 1. The highest BCUT2D eigenvalue weighted by atomic mass is 35.5. The first-order chi connectivity index (χ1) is 13.2. The third kappa shape index (κ3) is 5.29. The normalized spacial score (nSPS) is 10.9. The Morgan fingerprint density at radius 1 is 1.07 bits per heavy atom. The molecule has 1 N–H and O–H groups in total. The van der Waals surface area contributed by atoms with E-state index in [0.29, 0.717) is 6.07 Å². The van der Waals surface area contributed by atoms with E-state index < -0.39 is 30.2 Å². The molecule has 10 heteroatoms. The first-order valence-corrected chi connectivity index (χ1v) is 8.09. The standard InChI is InChI=1S/C18H15ClF3NO5/c1-26-14-8-13(15(27-2)7-12(14)19)23-16(24)9-28-17(25)10-4-3-5-11(6-10)18(20,21)22/h3-8H,9H2,1-2H3,(H,23,24). The maximum atomic E-state index is 12.7. The van der Waals surface area contributed by atoms with E-state index in [2.05, 4.69) is 5.32 Å². The fourth-order valence-electron chi connectivity index (χ4n) is 2.18. The molecular formula is C18H15ClF3NO5. The van der Waals surface area contributed by atoms with E-state index in [1.54, 1.807) is 0 Å². The molecule has 0 fully saturated rings. The summed E-state index contributed by atoms with van der Waals surface area (Å²) in [6.07, 6.45) is -4.60. The average Bonchev–Trinajstić information content (AvgIpc) is 2.66. The van der Waals surface area contributed by atoms with Gasteiger partial charge in [0.15, 0.2) is 6.61 Å². The molecule has 0 aromatic heterocycles. The molecule has 0 saturated heterocycles. The molecule has 0 aliphatic carbocycles. The van der Waals surface area contributed by atoms with Crippen LogP contribution < -0.4 is 14.8 Å². The first kappa shape index (κ1) is 21.4. The number of ether oxygens (including phenoxy) is 3. The first-order valence-electron chi connectivity index (χ1n) is 7.71. The zero-order valence-electron chi connectivity index (χ0n) is 14.7. The minimum Gasteiger partial charge on any atom is -0.495 e. The van der Waals surface area contributed by atoms with Crippen molar-refractivity contribution in [3.05, 3.63) is 52.5 Å². The van der Waals surface area contributed by atoms with Gasteiger partial charge in [0.2, 0.25) is 0 Å². The van der Waals surface area contributed by atoms with Crippen LogP contribution in [0.25, 0.3) is 0 Å². The summed E-state index contributed by atoms with van der Waals surface area (Å²) in [7, 11) is 2.75. The molecule has 6 nitrogen and oxygen atoms in total. The molecule has 0 bridgehead atoms. The van der Waals surface area contributed by atoms with Gasteiger partial charge in [-0.15, -0.1) is 0 Å². The predicted octanol–water partition coefficient (Wildman–Crippen LogP) is 4.17. The van der Waals surface area contributed by atoms with Crippen LogP contribution in [-0.4, -0.2) is 32.7 Å². The lowest BCUT2D eigenvalue weighted by atomic mass is 10.1. The molecule has 0 radical (unpaired) electrons. The number of carbonyl (C=O) groups is 2. The van der Waals surface area contributed by atoms with Crippen LogP contribution in [0, 0.1) is 0 Å². The summed E-state index contributed by atoms with van der Waals surface area (Å²) in [5, 5.41) is 2.70. The summed E-state index contributed by atoms with van der Waals surface area (Å²) in [6, 6.07) is 6.53. The van der Waals surface area contributed by atoms with Crippen LogP contribution in [-0.2, 0) is 15.7 Å². The van der Waals surface area contributed by atoms with Crippen molar-refractivity contribution in [2.45, 2.75) is 6.18 Å². The third-order valence-corrected chi connectivity index (χ3v) is 3.80. The summed E-state index contributed by atoms with van der Waals surface area (Å²) >= 11 is 5.97. The number of hydrogen-bond acceptors (Lipinski definition) is 5. The second-order valence-electron chi connectivity index (χ2n) is 5.39. The van der Waals surface area contributed by atoms with Crippen molar-refractivity contribution in [3.63, 3.8) is 0 Å². The Morgan fingerprint density at radius 3 is 2.36 bits per heavy atom. The van der Waals surface area contributed by atoms with Crippen molar-refractivity contribution in [1.82, 2.24) is 0 Å². The number of methoxy groups -OCH3 is 2. The van der Waals surface area contributed by atoms with Gasteiger partial charge in [-0.25, -0.2) is 4.79 Å². The van der Waals surface area contributed by atoms with Crippen LogP contribution in [0.2, 0.25) is 5.02 Å². The Morgan fingerprint density at radius 2 is 1.75 bits per heavy atom. The topological polar surface area (TPSA) is 73.9 Å². The molecule has 0 saturated carbocycles. The zero-order chi connectivity index (χ0) is 20.9. The molecule has 0 aliphatic rings. The number of alkyl halides is 3. The van der Waals surface area contributed by atoms with Gasteiger partial charge in [0.1, 0.15) is 11.5 Å². The van der Waals surface area contributed by atoms with E-state index in [0.717, 1.165) is 18.2 Å². The number of nitrogens with one attached hydrogen (secondary N) is 1. The Bertz CT molecular complexity index is 886. The zero-order valence-corrected chi connectivity index (χ0v) is 15.5. The monoisotopic (exact) mass is 417 g/mol. The van der Waals surface area contributed by atoms with Crippen LogP contribution in [0.3, 0.4) is 0 Å². The van der Waals surface area contributed by atoms with Crippen molar-refractivity contribution >= 4 is 29.2 Å². The van der Waals surface area contributed by atoms with Gasteiger partial charge in [0.25, 0.3) is 5.91 Å². The minimum absolute atomic E-state index is 0.212. The number of hydrogen-bond donors (Lipinski definition) is 1. The largest absolute Gasteiger partial charge is 0.495 e.